The molecule has 3 aromatic carbocycles. The molecule has 2 aromatic heterocycles. The van der Waals surface area contributed by atoms with Gasteiger partial charge in [0, 0.05) is 42.4 Å². The third-order valence-electron chi connectivity index (χ3n) is 7.51. The van der Waals surface area contributed by atoms with Crippen molar-refractivity contribution in [1.29, 1.82) is 0 Å². The van der Waals surface area contributed by atoms with Crippen molar-refractivity contribution in [2.75, 3.05) is 26.0 Å². The first-order valence-corrected chi connectivity index (χ1v) is 13.8. The number of benzene rings is 3. The normalized spacial score (nSPS) is 15.2. The third-order valence-corrected chi connectivity index (χ3v) is 7.51. The van der Waals surface area contributed by atoms with Crippen LogP contribution in [0.3, 0.4) is 0 Å². The summed E-state index contributed by atoms with van der Waals surface area (Å²) < 4.78 is 33.1. The predicted octanol–water partition coefficient (Wildman–Crippen LogP) is 5.46. The molecule has 1 saturated heterocycles. The molecular weight excluding hydrogens is 569 g/mol. The van der Waals surface area contributed by atoms with E-state index >= 15 is 4.39 Å². The van der Waals surface area contributed by atoms with Gasteiger partial charge in [-0.1, -0.05) is 25.1 Å². The maximum atomic E-state index is 15.3. The van der Waals surface area contributed by atoms with Crippen molar-refractivity contribution in [2.24, 2.45) is 0 Å². The van der Waals surface area contributed by atoms with E-state index in [2.05, 4.69) is 15.4 Å². The lowest BCUT2D eigenvalue weighted by Crippen LogP contribution is -2.27. The number of rotatable bonds is 8. The van der Waals surface area contributed by atoms with Crippen LogP contribution in [0.2, 0.25) is 0 Å². The number of nitrogens with zero attached hydrogens (tertiary/aromatic N) is 3. The van der Waals surface area contributed by atoms with E-state index in [1.807, 2.05) is 0 Å². The molecule has 1 fully saturated rings. The van der Waals surface area contributed by atoms with Crippen LogP contribution in [0.5, 0.6) is 17.2 Å². The Morgan fingerprint density at radius 1 is 1.09 bits per heavy atom. The number of amides is 2. The van der Waals surface area contributed by atoms with Gasteiger partial charge in [-0.05, 0) is 42.5 Å². The van der Waals surface area contributed by atoms with Crippen LogP contribution in [-0.2, 0) is 4.74 Å². The Kier molecular flexibility index (Phi) is 7.48. The van der Waals surface area contributed by atoms with Crippen molar-refractivity contribution < 1.29 is 28.2 Å². The number of fused-ring (bicyclic) bond motifs is 1. The Morgan fingerprint density at radius 2 is 1.89 bits per heavy atom. The lowest BCUT2D eigenvalue weighted by atomic mass is 9.97. The molecule has 1 aliphatic rings. The summed E-state index contributed by atoms with van der Waals surface area (Å²) in [5.41, 5.74) is 0.747. The summed E-state index contributed by atoms with van der Waals surface area (Å²) in [5.74, 6) is -1.07. The molecule has 44 heavy (non-hydrogen) atoms. The Balaban J connectivity index is 1.29. The number of likely N-dealkylation sites (N-methyl/N-ethyl adjacent to an activating group) is 1. The number of anilines is 1. The Morgan fingerprint density at radius 3 is 2.59 bits per heavy atom. The van der Waals surface area contributed by atoms with Crippen LogP contribution in [-0.4, -0.2) is 58.5 Å². The van der Waals surface area contributed by atoms with Gasteiger partial charge < -0.3 is 24.4 Å². The molecule has 0 spiro atoms. The first-order chi connectivity index (χ1) is 21.2. The number of nitrogens with one attached hydrogen (secondary N) is 2. The summed E-state index contributed by atoms with van der Waals surface area (Å²) in [6.07, 6.45) is 0.460. The Bertz CT molecular complexity index is 1940. The molecule has 11 nitrogen and oxygen atoms in total. The van der Waals surface area contributed by atoms with Crippen molar-refractivity contribution >= 4 is 28.6 Å². The number of aromatic nitrogens is 3. The lowest BCUT2D eigenvalue weighted by molar-refractivity contribution is 0.102. The molecule has 0 bridgehead atoms. The van der Waals surface area contributed by atoms with Gasteiger partial charge in [-0.15, -0.1) is 0 Å². The van der Waals surface area contributed by atoms with Crippen LogP contribution in [0.1, 0.15) is 28.9 Å². The molecule has 1 aliphatic heterocycles. The zero-order chi connectivity index (χ0) is 31.0. The average molecular weight is 598 g/mol. The van der Waals surface area contributed by atoms with E-state index in [1.165, 1.54) is 21.7 Å². The van der Waals surface area contributed by atoms with E-state index in [4.69, 9.17) is 14.2 Å². The van der Waals surface area contributed by atoms with E-state index in [-0.39, 0.29) is 29.2 Å². The molecule has 0 saturated carbocycles. The fourth-order valence-electron chi connectivity index (χ4n) is 5.10. The number of pyridine rings is 1. The van der Waals surface area contributed by atoms with Crippen molar-refractivity contribution in [3.05, 3.63) is 106 Å². The molecule has 224 valence electrons. The quantitative estimate of drug-likeness (QED) is 0.243. The summed E-state index contributed by atoms with van der Waals surface area (Å²) in [5, 5.41) is 6.33. The standard InChI is InChI=1S/C32H28FN5O6/c1-18(27-17-37(2)32(41)44-27)29-28(31(40)38(36-29)20-7-5-4-6-8-20)30(39)35-19-9-12-26(23(33)15-19)43-25-13-14-34-24-16-21(42-3)10-11-22(24)25/h4-16,18,27,36H,17H2,1-3H3,(H,35,39). The second-order valence-electron chi connectivity index (χ2n) is 10.4. The smallest absolute Gasteiger partial charge is 0.409 e. The fraction of sp³-hybridized carbons (Fsp3) is 0.188. The summed E-state index contributed by atoms with van der Waals surface area (Å²) in [7, 11) is 3.16. The van der Waals surface area contributed by atoms with E-state index in [9.17, 15) is 14.4 Å². The molecule has 3 heterocycles. The van der Waals surface area contributed by atoms with E-state index in [0.717, 1.165) is 6.07 Å². The van der Waals surface area contributed by atoms with Crippen molar-refractivity contribution in [3.8, 4) is 22.9 Å². The Labute approximate surface area is 250 Å². The topological polar surface area (TPSA) is 128 Å². The largest absolute Gasteiger partial charge is 0.497 e. The zero-order valence-corrected chi connectivity index (χ0v) is 24.0. The van der Waals surface area contributed by atoms with Gasteiger partial charge in [0.25, 0.3) is 11.5 Å². The maximum Gasteiger partial charge on any atom is 0.409 e. The average Bonchev–Trinajstić information content (AvgIpc) is 3.56. The number of carbonyl (C=O) groups is 2. The minimum absolute atomic E-state index is 0.0686. The molecule has 12 heteroatoms. The van der Waals surface area contributed by atoms with Crippen LogP contribution in [0.4, 0.5) is 14.9 Å². The van der Waals surface area contributed by atoms with Crippen molar-refractivity contribution in [1.82, 2.24) is 19.7 Å². The minimum atomic E-state index is -0.748. The highest BCUT2D eigenvalue weighted by atomic mass is 19.1. The summed E-state index contributed by atoms with van der Waals surface area (Å²) in [4.78, 5) is 45.0. The molecule has 2 amide bonds. The molecule has 5 aromatic rings. The molecule has 2 atom stereocenters. The highest BCUT2D eigenvalue weighted by molar-refractivity contribution is 6.05. The first kappa shape index (κ1) is 28.5. The second kappa shape index (κ2) is 11.6. The van der Waals surface area contributed by atoms with Crippen LogP contribution in [0.25, 0.3) is 16.6 Å². The number of cyclic esters (lactones) is 1. The molecular formula is C32H28FN5O6. The minimum Gasteiger partial charge on any atom is -0.497 e. The molecule has 0 radical (unpaired) electrons. The summed E-state index contributed by atoms with van der Waals surface area (Å²) in [6, 6.07) is 19.6. The van der Waals surface area contributed by atoms with Gasteiger partial charge in [0.1, 0.15) is 23.2 Å². The second-order valence-corrected chi connectivity index (χ2v) is 10.4. The van der Waals surface area contributed by atoms with Gasteiger partial charge in [0.15, 0.2) is 11.6 Å². The molecule has 2 unspecified atom stereocenters. The molecule has 0 aliphatic carbocycles. The van der Waals surface area contributed by atoms with Crippen LogP contribution >= 0.6 is 0 Å². The lowest BCUT2D eigenvalue weighted by Gasteiger charge is -2.17. The van der Waals surface area contributed by atoms with E-state index in [1.54, 1.807) is 81.9 Å². The fourth-order valence-corrected chi connectivity index (χ4v) is 5.10. The van der Waals surface area contributed by atoms with Gasteiger partial charge in [-0.25, -0.2) is 13.9 Å². The number of aromatic amines is 1. The number of H-pyrrole nitrogens is 1. The SMILES string of the molecule is COc1ccc2c(Oc3ccc(NC(=O)c4c(C(C)C5CN(C)C(=O)O5)[nH]n(-c5ccccc5)c4=O)cc3F)ccnc2c1. The monoisotopic (exact) mass is 597 g/mol. The number of para-hydroxylation sites is 1. The number of carbonyl (C=O) groups excluding carboxylic acids is 2. The number of halogens is 1. The highest BCUT2D eigenvalue weighted by Gasteiger charge is 2.37. The zero-order valence-electron chi connectivity index (χ0n) is 24.0. The summed E-state index contributed by atoms with van der Waals surface area (Å²) >= 11 is 0. The van der Waals surface area contributed by atoms with Crippen LogP contribution in [0.15, 0.2) is 83.8 Å². The van der Waals surface area contributed by atoms with Crippen LogP contribution in [0, 0.1) is 5.82 Å². The summed E-state index contributed by atoms with van der Waals surface area (Å²) in [6.45, 7) is 2.05. The number of hydrogen-bond donors (Lipinski definition) is 2. The molecule has 6 rings (SSSR count). The number of hydrogen-bond acceptors (Lipinski definition) is 7. The van der Waals surface area contributed by atoms with Crippen LogP contribution < -0.4 is 20.3 Å². The van der Waals surface area contributed by atoms with Gasteiger partial charge >= 0.3 is 6.09 Å². The molecule has 2 N–H and O–H groups in total. The van der Waals surface area contributed by atoms with Crippen molar-refractivity contribution in [3.63, 3.8) is 0 Å². The first-order valence-electron chi connectivity index (χ1n) is 13.8. The predicted molar refractivity (Wildman–Crippen MR) is 160 cm³/mol. The van der Waals surface area contributed by atoms with Gasteiger partial charge in [-0.3, -0.25) is 19.7 Å². The van der Waals surface area contributed by atoms with Gasteiger partial charge in [0.05, 0.1) is 30.6 Å². The Hall–Kier alpha value is -5.65. The maximum absolute atomic E-state index is 15.3. The van der Waals surface area contributed by atoms with E-state index < -0.39 is 35.4 Å². The van der Waals surface area contributed by atoms with Crippen molar-refractivity contribution in [2.45, 2.75) is 18.9 Å². The van der Waals surface area contributed by atoms with Gasteiger partial charge in [0.2, 0.25) is 0 Å². The number of ether oxygens (including phenoxy) is 3. The van der Waals surface area contributed by atoms with Gasteiger partial charge in [-0.2, -0.15) is 0 Å². The highest BCUT2D eigenvalue weighted by Crippen LogP contribution is 2.33. The van der Waals surface area contributed by atoms with E-state index in [0.29, 0.717) is 28.1 Å². The third kappa shape index (κ3) is 5.33. The number of methoxy groups -OCH3 is 1.